The highest BCUT2D eigenvalue weighted by atomic mass is 35.5. The number of halogens is 1. The largest absolute Gasteiger partial charge is 0.462 e. The van der Waals surface area contributed by atoms with Gasteiger partial charge in [-0.25, -0.2) is 4.98 Å². The molecule has 0 fully saturated rings. The van der Waals surface area contributed by atoms with Crippen molar-refractivity contribution in [3.8, 4) is 10.8 Å². The summed E-state index contributed by atoms with van der Waals surface area (Å²) in [5.41, 5.74) is 0. The topological polar surface area (TPSA) is 26.0 Å². The summed E-state index contributed by atoms with van der Waals surface area (Å²) in [5, 5.41) is 3.11. The monoisotopic (exact) mass is 185 g/mol. The van der Waals surface area contributed by atoms with Gasteiger partial charge in [0.15, 0.2) is 10.8 Å². The van der Waals surface area contributed by atoms with Crippen molar-refractivity contribution in [2.24, 2.45) is 0 Å². The molecule has 2 aromatic rings. The van der Waals surface area contributed by atoms with Crippen LogP contribution in [-0.4, -0.2) is 4.98 Å². The van der Waals surface area contributed by atoms with Crippen LogP contribution in [0.1, 0.15) is 0 Å². The molecule has 0 unspecified atom stereocenters. The summed E-state index contributed by atoms with van der Waals surface area (Å²) in [7, 11) is 0. The third-order valence-electron chi connectivity index (χ3n) is 1.21. The van der Waals surface area contributed by atoms with Crippen LogP contribution >= 0.6 is 22.9 Å². The molecule has 2 aromatic heterocycles. The number of rotatable bonds is 1. The zero-order valence-electron chi connectivity index (χ0n) is 5.45. The number of hydrogen-bond acceptors (Lipinski definition) is 3. The van der Waals surface area contributed by atoms with Crippen LogP contribution in [0.3, 0.4) is 0 Å². The van der Waals surface area contributed by atoms with Crippen molar-refractivity contribution in [3.63, 3.8) is 0 Å². The maximum atomic E-state index is 5.63. The number of furan rings is 1. The molecule has 0 atom stereocenters. The lowest BCUT2D eigenvalue weighted by molar-refractivity contribution is 0.582. The predicted molar refractivity (Wildman–Crippen MR) is 44.8 cm³/mol. The summed E-state index contributed by atoms with van der Waals surface area (Å²) in [5.74, 6) is 0.766. The van der Waals surface area contributed by atoms with Gasteiger partial charge in [-0.3, -0.25) is 0 Å². The van der Waals surface area contributed by atoms with Gasteiger partial charge in [0.1, 0.15) is 5.15 Å². The molecule has 0 saturated heterocycles. The molecule has 2 nitrogen and oxygen atoms in total. The molecule has 0 aromatic carbocycles. The Morgan fingerprint density at radius 1 is 1.55 bits per heavy atom. The molecular weight excluding hydrogens is 182 g/mol. The second-order valence-corrected chi connectivity index (χ2v) is 3.20. The van der Waals surface area contributed by atoms with Crippen molar-refractivity contribution in [3.05, 3.63) is 28.9 Å². The van der Waals surface area contributed by atoms with E-state index < -0.39 is 0 Å². The molecule has 56 valence electrons. The molecule has 0 amide bonds. The minimum atomic E-state index is 0.515. The molecule has 11 heavy (non-hydrogen) atoms. The van der Waals surface area contributed by atoms with Crippen molar-refractivity contribution >= 4 is 22.9 Å². The first-order chi connectivity index (χ1) is 5.36. The summed E-state index contributed by atoms with van der Waals surface area (Å²) in [6, 6.07) is 3.68. The van der Waals surface area contributed by atoms with Gasteiger partial charge >= 0.3 is 0 Å². The summed E-state index contributed by atoms with van der Waals surface area (Å²) < 4.78 is 5.12. The smallest absolute Gasteiger partial charge is 0.162 e. The highest BCUT2D eigenvalue weighted by Gasteiger charge is 2.04. The van der Waals surface area contributed by atoms with Crippen LogP contribution in [0.15, 0.2) is 28.2 Å². The highest BCUT2D eigenvalue weighted by Crippen LogP contribution is 2.25. The van der Waals surface area contributed by atoms with Gasteiger partial charge in [-0.1, -0.05) is 11.6 Å². The van der Waals surface area contributed by atoms with Crippen LogP contribution in [-0.2, 0) is 0 Å². The fraction of sp³-hybridized carbons (Fsp3) is 0. The van der Waals surface area contributed by atoms with Crippen LogP contribution in [0, 0.1) is 0 Å². The summed E-state index contributed by atoms with van der Waals surface area (Å²) >= 11 is 7.11. The Kier molecular flexibility index (Phi) is 1.68. The Bertz CT molecular complexity index is 341. The summed E-state index contributed by atoms with van der Waals surface area (Å²) in [6.07, 6.45) is 1.62. The van der Waals surface area contributed by atoms with Gasteiger partial charge in [0.05, 0.1) is 6.26 Å². The lowest BCUT2D eigenvalue weighted by Crippen LogP contribution is -1.67. The Labute approximate surface area is 72.4 Å². The van der Waals surface area contributed by atoms with Gasteiger partial charge in [0, 0.05) is 5.38 Å². The van der Waals surface area contributed by atoms with Crippen molar-refractivity contribution in [1.82, 2.24) is 4.98 Å². The van der Waals surface area contributed by atoms with E-state index >= 15 is 0 Å². The normalized spacial score (nSPS) is 10.3. The molecular formula is C7H4ClNOS. The minimum Gasteiger partial charge on any atom is -0.462 e. The maximum Gasteiger partial charge on any atom is 0.162 e. The van der Waals surface area contributed by atoms with E-state index in [9.17, 15) is 0 Å². The van der Waals surface area contributed by atoms with Crippen LogP contribution in [0.4, 0.5) is 0 Å². The van der Waals surface area contributed by atoms with E-state index in [1.54, 1.807) is 11.6 Å². The van der Waals surface area contributed by atoms with Gasteiger partial charge in [0.2, 0.25) is 0 Å². The highest BCUT2D eigenvalue weighted by molar-refractivity contribution is 7.13. The van der Waals surface area contributed by atoms with Gasteiger partial charge in [-0.15, -0.1) is 11.3 Å². The second-order valence-electron chi connectivity index (χ2n) is 1.95. The molecule has 2 rings (SSSR count). The lowest BCUT2D eigenvalue weighted by Gasteiger charge is -1.84. The average Bonchev–Trinajstić information content (AvgIpc) is 2.55. The summed E-state index contributed by atoms with van der Waals surface area (Å²) in [4.78, 5) is 4.04. The van der Waals surface area contributed by atoms with E-state index in [1.165, 1.54) is 11.3 Å². The molecule has 0 aliphatic heterocycles. The van der Waals surface area contributed by atoms with E-state index in [-0.39, 0.29) is 0 Å². The molecule has 0 aliphatic rings. The Hall–Kier alpha value is -0.800. The maximum absolute atomic E-state index is 5.63. The Balaban J connectivity index is 2.45. The first-order valence-electron chi connectivity index (χ1n) is 3.01. The SMILES string of the molecule is Clc1csc(-c2ccco2)n1. The van der Waals surface area contributed by atoms with Gasteiger partial charge in [-0.05, 0) is 12.1 Å². The van der Waals surface area contributed by atoms with Gasteiger partial charge < -0.3 is 4.42 Å². The van der Waals surface area contributed by atoms with E-state index in [4.69, 9.17) is 16.0 Å². The van der Waals surface area contributed by atoms with E-state index in [2.05, 4.69) is 4.98 Å². The van der Waals surface area contributed by atoms with Crippen molar-refractivity contribution in [2.75, 3.05) is 0 Å². The van der Waals surface area contributed by atoms with E-state index in [1.807, 2.05) is 12.1 Å². The van der Waals surface area contributed by atoms with Gasteiger partial charge in [0.25, 0.3) is 0 Å². The Morgan fingerprint density at radius 2 is 2.45 bits per heavy atom. The first kappa shape index (κ1) is 6.88. The van der Waals surface area contributed by atoms with E-state index in [0.717, 1.165) is 10.8 Å². The fourth-order valence-electron chi connectivity index (χ4n) is 0.768. The fourth-order valence-corrected chi connectivity index (χ4v) is 1.68. The molecule has 0 saturated carbocycles. The van der Waals surface area contributed by atoms with E-state index in [0.29, 0.717) is 5.15 Å². The molecule has 4 heteroatoms. The van der Waals surface area contributed by atoms with Gasteiger partial charge in [-0.2, -0.15) is 0 Å². The zero-order chi connectivity index (χ0) is 7.68. The van der Waals surface area contributed by atoms with Crippen molar-refractivity contribution in [1.29, 1.82) is 0 Å². The lowest BCUT2D eigenvalue weighted by atomic mass is 10.5. The number of aromatic nitrogens is 1. The first-order valence-corrected chi connectivity index (χ1v) is 4.27. The predicted octanol–water partition coefficient (Wildman–Crippen LogP) is 3.06. The molecule has 0 N–H and O–H groups in total. The summed E-state index contributed by atoms with van der Waals surface area (Å²) in [6.45, 7) is 0. The standard InChI is InChI=1S/C7H4ClNOS/c8-6-4-11-7(9-6)5-2-1-3-10-5/h1-4H. The third kappa shape index (κ3) is 1.29. The van der Waals surface area contributed by atoms with Crippen LogP contribution < -0.4 is 0 Å². The quantitative estimate of drug-likeness (QED) is 0.683. The molecule has 0 aliphatic carbocycles. The Morgan fingerprint density at radius 3 is 3.00 bits per heavy atom. The third-order valence-corrected chi connectivity index (χ3v) is 2.39. The van der Waals surface area contributed by atoms with Crippen molar-refractivity contribution in [2.45, 2.75) is 0 Å². The average molecular weight is 186 g/mol. The molecule has 0 radical (unpaired) electrons. The molecule has 2 heterocycles. The zero-order valence-corrected chi connectivity index (χ0v) is 7.02. The van der Waals surface area contributed by atoms with Crippen LogP contribution in [0.5, 0.6) is 0 Å². The molecule has 0 spiro atoms. The van der Waals surface area contributed by atoms with Crippen LogP contribution in [0.2, 0.25) is 5.15 Å². The number of nitrogens with zero attached hydrogens (tertiary/aromatic N) is 1. The second kappa shape index (κ2) is 2.68. The van der Waals surface area contributed by atoms with Crippen molar-refractivity contribution < 1.29 is 4.42 Å². The van der Waals surface area contributed by atoms with Crippen LogP contribution in [0.25, 0.3) is 10.8 Å². The number of hydrogen-bond donors (Lipinski definition) is 0. The minimum absolute atomic E-state index is 0.515. The number of thiazole rings is 1. The molecule has 0 bridgehead atoms.